The van der Waals surface area contributed by atoms with E-state index in [4.69, 9.17) is 11.1 Å². The quantitative estimate of drug-likeness (QED) is 0.332. The molecule has 0 fully saturated rings. The lowest BCUT2D eigenvalue weighted by molar-refractivity contribution is 0.891. The predicted octanol–water partition coefficient (Wildman–Crippen LogP) is 0.290. The second-order valence-corrected chi connectivity index (χ2v) is 0.189. The third-order valence-corrected chi connectivity index (χ3v) is 0.0447. The van der Waals surface area contributed by atoms with Crippen molar-refractivity contribution in [2.75, 3.05) is 0 Å². The Morgan fingerprint density at radius 3 is 2.25 bits per heavy atom. The van der Waals surface area contributed by atoms with E-state index in [1.54, 1.807) is 0 Å². The monoisotopic (exact) mass is 57.0 g/mol. The van der Waals surface area contributed by atoms with Crippen LogP contribution in [0.1, 0.15) is 0 Å². The fraction of sp³-hybridized carbons (Fsp3) is 0. The summed E-state index contributed by atoms with van der Waals surface area (Å²) in [4.78, 5) is 0. The SMILES string of the molecule is [N-]=[N+]N=N. The van der Waals surface area contributed by atoms with Gasteiger partial charge in [0.1, 0.15) is 0 Å². The molecule has 1 radical (unpaired) electrons. The van der Waals surface area contributed by atoms with E-state index in [2.05, 4.69) is 5.22 Å². The molecule has 4 heteroatoms. The van der Waals surface area contributed by atoms with E-state index in [0.29, 0.717) is 0 Å². The molecule has 0 heterocycles. The van der Waals surface area contributed by atoms with Gasteiger partial charge in [-0.25, -0.2) is 5.53 Å². The Labute approximate surface area is 22.8 Å². The zero-order valence-corrected chi connectivity index (χ0v) is 1.84. The average Bonchev–Trinajstić information content (AvgIpc) is 1.37. The molecular formula is HN4. The van der Waals surface area contributed by atoms with Crippen molar-refractivity contribution in [3.63, 3.8) is 0 Å². The van der Waals surface area contributed by atoms with Gasteiger partial charge in [-0.2, -0.15) is 0 Å². The number of rotatable bonds is 1. The summed E-state index contributed by atoms with van der Waals surface area (Å²) >= 11 is 0. The molecule has 0 atom stereocenters. The van der Waals surface area contributed by atoms with Gasteiger partial charge in [-0.1, -0.05) is 5.53 Å². The van der Waals surface area contributed by atoms with Crippen molar-refractivity contribution in [1.29, 1.82) is 5.53 Å². The van der Waals surface area contributed by atoms with Crippen LogP contribution in [0.5, 0.6) is 0 Å². The Kier molecular flexibility index (Phi) is 1.76. The van der Waals surface area contributed by atoms with Gasteiger partial charge < -0.3 is 0 Å². The van der Waals surface area contributed by atoms with Crippen molar-refractivity contribution in [2.24, 2.45) is 5.22 Å². The molecule has 0 rings (SSSR count). The molecule has 21 valence electrons. The molecule has 0 aliphatic rings. The summed E-state index contributed by atoms with van der Waals surface area (Å²) < 4.78 is 0. The van der Waals surface area contributed by atoms with Gasteiger partial charge in [0.05, 0.1) is 0 Å². The second kappa shape index (κ2) is 2.20. The first-order valence-corrected chi connectivity index (χ1v) is 0.624. The number of hydrogen-bond acceptors (Lipinski definition) is 1. The molecule has 0 saturated heterocycles. The van der Waals surface area contributed by atoms with Gasteiger partial charge in [-0.3, -0.25) is 0 Å². The molecule has 0 aromatic rings. The first-order valence-electron chi connectivity index (χ1n) is 0.624. The van der Waals surface area contributed by atoms with Crippen LogP contribution in [0.25, 0.3) is 5.53 Å². The lowest BCUT2D eigenvalue weighted by atomic mass is 12.6. The molecule has 0 amide bonds. The normalized spacial score (nSPS) is 5.00. The van der Waals surface area contributed by atoms with E-state index in [1.807, 2.05) is 5.22 Å². The summed E-state index contributed by atoms with van der Waals surface area (Å²) in [7, 11) is 0. The fourth-order valence-corrected chi connectivity index (χ4v) is 0. The second-order valence-electron chi connectivity index (χ2n) is 0.189. The average molecular weight is 57.0 g/mol. The van der Waals surface area contributed by atoms with Crippen LogP contribution in [-0.4, -0.2) is 0 Å². The molecule has 0 aromatic heterocycles. The van der Waals surface area contributed by atoms with Gasteiger partial charge in [-0.15, -0.1) is 0 Å². The molecule has 0 unspecified atom stereocenters. The first kappa shape index (κ1) is 3.20. The highest BCUT2D eigenvalue weighted by atomic mass is 15.4. The van der Waals surface area contributed by atoms with Crippen molar-refractivity contribution in [3.8, 4) is 0 Å². The summed E-state index contributed by atoms with van der Waals surface area (Å²) in [6.07, 6.45) is 0. The summed E-state index contributed by atoms with van der Waals surface area (Å²) in [6, 6.07) is 0. The van der Waals surface area contributed by atoms with Gasteiger partial charge in [0.2, 0.25) is 0 Å². The third-order valence-electron chi connectivity index (χ3n) is 0.0447. The number of nitrogens with zero attached hydrogens (tertiary/aromatic N) is 3. The third kappa shape index (κ3) is 1.20. The molecular weight excluding hydrogens is 56.0 g/mol. The summed E-state index contributed by atoms with van der Waals surface area (Å²) in [5.41, 5.74) is 12.8. The van der Waals surface area contributed by atoms with Gasteiger partial charge in [0.25, 0.3) is 0 Å². The van der Waals surface area contributed by atoms with E-state index < -0.39 is 0 Å². The molecule has 4 nitrogen and oxygen atoms in total. The maximum atomic E-state index is 7.15. The summed E-state index contributed by atoms with van der Waals surface area (Å²) in [6.45, 7) is 0. The van der Waals surface area contributed by atoms with E-state index >= 15 is 0 Å². The topological polar surface area (TPSA) is 72.6 Å². The molecule has 0 spiro atoms. The lowest BCUT2D eigenvalue weighted by Gasteiger charge is -1.42. The van der Waals surface area contributed by atoms with Crippen LogP contribution < -0.4 is 5.22 Å². The lowest BCUT2D eigenvalue weighted by Crippen LogP contribution is -1.49. The zero-order chi connectivity index (χ0) is 3.41. The number of hydrogen-bond donors (Lipinski definition) is 1. The Morgan fingerprint density at radius 1 is 2.00 bits per heavy atom. The zero-order valence-electron chi connectivity index (χ0n) is 1.84. The largest absolute Gasteiger partial charge is 0.215 e. The van der Waals surface area contributed by atoms with Crippen LogP contribution in [0, 0.1) is 5.53 Å². The van der Waals surface area contributed by atoms with Gasteiger partial charge in [0, 0.05) is 0 Å². The van der Waals surface area contributed by atoms with Crippen LogP contribution >= 0.6 is 0 Å². The summed E-state index contributed by atoms with van der Waals surface area (Å²) in [5, 5.41) is 4.19. The van der Waals surface area contributed by atoms with Crippen molar-refractivity contribution >= 4 is 0 Å². The maximum absolute atomic E-state index is 7.15. The molecule has 1 N–H and O–H groups in total. The van der Waals surface area contributed by atoms with Gasteiger partial charge in [-0.05, 0) is 10.4 Å². The van der Waals surface area contributed by atoms with Gasteiger partial charge in [0.15, 0.2) is 0 Å². The highest BCUT2D eigenvalue weighted by Gasteiger charge is 1.31. The van der Waals surface area contributed by atoms with E-state index in [9.17, 15) is 0 Å². The summed E-state index contributed by atoms with van der Waals surface area (Å²) in [5.74, 6) is 0. The minimum absolute atomic E-state index is 2.03. The maximum Gasteiger partial charge on any atom is -0.0241 e. The Bertz CT molecular complexity index is 21.0. The van der Waals surface area contributed by atoms with Crippen molar-refractivity contribution < 1.29 is 0 Å². The Morgan fingerprint density at radius 2 is 2.25 bits per heavy atom. The smallest absolute Gasteiger partial charge is 0.0241 e. The minimum Gasteiger partial charge on any atom is -0.215 e. The minimum atomic E-state index is 2.03. The van der Waals surface area contributed by atoms with Crippen LogP contribution in [-0.2, 0) is 0 Å². The highest BCUT2D eigenvalue weighted by molar-refractivity contribution is 3.89. The molecule has 0 aliphatic heterocycles. The van der Waals surface area contributed by atoms with E-state index in [0.717, 1.165) is 0 Å². The van der Waals surface area contributed by atoms with Crippen LogP contribution in [0.2, 0.25) is 0 Å². The van der Waals surface area contributed by atoms with Crippen molar-refractivity contribution in [2.45, 2.75) is 0 Å². The van der Waals surface area contributed by atoms with Crippen LogP contribution in [0.4, 0.5) is 0 Å². The molecule has 0 saturated carbocycles. The standard InChI is InChI=1S/HN4/c1-3-4-2/h1H. The first-order chi connectivity index (χ1) is 1.91. The van der Waals surface area contributed by atoms with E-state index in [1.165, 1.54) is 0 Å². The molecule has 0 aromatic carbocycles. The molecule has 4 heavy (non-hydrogen) atoms. The van der Waals surface area contributed by atoms with Crippen molar-refractivity contribution in [3.05, 3.63) is 5.53 Å². The highest BCUT2D eigenvalue weighted by Crippen LogP contribution is 1.33. The molecule has 0 bridgehead atoms. The Balaban J connectivity index is 2.73. The van der Waals surface area contributed by atoms with Crippen LogP contribution in [0.15, 0.2) is 5.22 Å². The van der Waals surface area contributed by atoms with E-state index in [-0.39, 0.29) is 0 Å². The van der Waals surface area contributed by atoms with Crippen LogP contribution in [0.3, 0.4) is 0 Å². The number of nitrogens with one attached hydrogen (secondary N) is 1. The molecule has 0 aliphatic carbocycles. The van der Waals surface area contributed by atoms with Crippen molar-refractivity contribution in [1.82, 2.24) is 5.22 Å². The van der Waals surface area contributed by atoms with Gasteiger partial charge >= 0.3 is 0 Å². The fourth-order valence-electron chi connectivity index (χ4n) is 0. The predicted molar refractivity (Wildman–Crippen MR) is 10.6 cm³/mol. The Hall–Kier alpha value is -0.800.